The van der Waals surface area contributed by atoms with Crippen LogP contribution in [0.3, 0.4) is 0 Å². The van der Waals surface area contributed by atoms with Gasteiger partial charge in [-0.3, -0.25) is 0 Å². The smallest absolute Gasteiger partial charge is 0.147 e. The third-order valence-electron chi connectivity index (χ3n) is 4.61. The number of para-hydroxylation sites is 1. The summed E-state index contributed by atoms with van der Waals surface area (Å²) in [6.07, 6.45) is 2.28. The van der Waals surface area contributed by atoms with Crippen LogP contribution in [-0.4, -0.2) is 4.68 Å². The minimum Gasteiger partial charge on any atom is -0.147 e. The molecule has 1 aliphatic rings. The minimum absolute atomic E-state index is 0.0714. The Hall–Kier alpha value is -1.57. The molecule has 2 nitrogen and oxygen atoms in total. The first kappa shape index (κ1) is 15.3. The molecule has 0 unspecified atom stereocenters. The van der Waals surface area contributed by atoms with Gasteiger partial charge in [-0.2, -0.15) is 0 Å². The van der Waals surface area contributed by atoms with E-state index in [-0.39, 0.29) is 11.0 Å². The van der Waals surface area contributed by atoms with E-state index in [4.69, 9.17) is 0 Å². The van der Waals surface area contributed by atoms with E-state index in [2.05, 4.69) is 82.1 Å². The molecule has 0 fully saturated rings. The highest BCUT2D eigenvalue weighted by Crippen LogP contribution is 2.32. The summed E-state index contributed by atoms with van der Waals surface area (Å²) in [7, 11) is 0. The first-order valence-corrected chi connectivity index (χ1v) is 8.37. The largest absolute Gasteiger partial charge is 0.242 e. The molecule has 0 amide bonds. The summed E-state index contributed by atoms with van der Waals surface area (Å²) in [5, 5.41) is 0. The highest BCUT2D eigenvalue weighted by Gasteiger charge is 2.38. The third kappa shape index (κ3) is 2.29. The number of fused-ring (bicyclic) bond motifs is 3. The Morgan fingerprint density at radius 3 is 2.27 bits per heavy atom. The number of aryl methyl sites for hydroxylation is 3. The molecule has 22 heavy (non-hydrogen) atoms. The monoisotopic (exact) mass is 297 g/mol. The molecule has 2 aromatic rings. The average Bonchev–Trinajstić information content (AvgIpc) is 2.72. The molecule has 118 valence electrons. The Labute approximate surface area is 134 Å². The van der Waals surface area contributed by atoms with E-state index < -0.39 is 0 Å². The lowest BCUT2D eigenvalue weighted by Crippen LogP contribution is -2.53. The van der Waals surface area contributed by atoms with Crippen molar-refractivity contribution in [1.82, 2.24) is 4.68 Å². The third-order valence-corrected chi connectivity index (χ3v) is 4.61. The molecule has 0 aliphatic carbocycles. The maximum Gasteiger partial charge on any atom is 0.242 e. The number of hydrogen-bond acceptors (Lipinski definition) is 0. The van der Waals surface area contributed by atoms with Gasteiger partial charge < -0.3 is 0 Å². The van der Waals surface area contributed by atoms with Crippen LogP contribution in [0.25, 0.3) is 5.69 Å². The van der Waals surface area contributed by atoms with E-state index in [0.29, 0.717) is 0 Å². The average molecular weight is 297 g/mol. The summed E-state index contributed by atoms with van der Waals surface area (Å²) < 4.78 is 4.96. The van der Waals surface area contributed by atoms with E-state index in [9.17, 15) is 0 Å². The summed E-state index contributed by atoms with van der Waals surface area (Å²) in [4.78, 5) is 0. The molecular formula is C20H29N2+. The highest BCUT2D eigenvalue weighted by atomic mass is 15.4. The molecule has 0 spiro atoms. The summed E-state index contributed by atoms with van der Waals surface area (Å²) >= 11 is 0. The maximum absolute atomic E-state index is 2.49. The Kier molecular flexibility index (Phi) is 3.28. The summed E-state index contributed by atoms with van der Waals surface area (Å²) in [6, 6.07) is 9.20. The molecular weight excluding hydrogens is 268 g/mol. The van der Waals surface area contributed by atoms with Gasteiger partial charge in [0, 0.05) is 23.6 Å². The van der Waals surface area contributed by atoms with Crippen LogP contribution < -0.4 is 4.68 Å². The molecule has 3 rings (SSSR count). The molecule has 0 atom stereocenters. The van der Waals surface area contributed by atoms with Crippen molar-refractivity contribution in [2.24, 2.45) is 0 Å². The first-order valence-electron chi connectivity index (χ1n) is 8.37. The van der Waals surface area contributed by atoms with Crippen LogP contribution in [0, 0.1) is 6.92 Å². The van der Waals surface area contributed by atoms with Gasteiger partial charge in [0.2, 0.25) is 11.4 Å². The normalized spacial score (nSPS) is 14.7. The molecule has 2 heteroatoms. The second-order valence-corrected chi connectivity index (χ2v) is 8.63. The molecule has 1 aliphatic heterocycles. The zero-order valence-corrected chi connectivity index (χ0v) is 15.1. The van der Waals surface area contributed by atoms with Gasteiger partial charge in [-0.15, -0.1) is 4.68 Å². The zero-order chi connectivity index (χ0) is 16.3. The fraction of sp³-hybridized carbons (Fsp3) is 0.550. The van der Waals surface area contributed by atoms with Crippen LogP contribution in [0.5, 0.6) is 0 Å². The van der Waals surface area contributed by atoms with Crippen molar-refractivity contribution in [3.63, 3.8) is 0 Å². The van der Waals surface area contributed by atoms with E-state index in [1.807, 2.05) is 0 Å². The van der Waals surface area contributed by atoms with Crippen LogP contribution >= 0.6 is 0 Å². The van der Waals surface area contributed by atoms with E-state index >= 15 is 0 Å². The van der Waals surface area contributed by atoms with Gasteiger partial charge in [0.05, 0.1) is 11.2 Å². The van der Waals surface area contributed by atoms with E-state index in [0.717, 1.165) is 12.8 Å². The fourth-order valence-corrected chi connectivity index (χ4v) is 3.81. The summed E-state index contributed by atoms with van der Waals surface area (Å²) in [6.45, 7) is 16.1. The first-order chi connectivity index (χ1) is 10.1. The van der Waals surface area contributed by atoms with E-state index in [1.165, 1.54) is 28.2 Å². The van der Waals surface area contributed by atoms with Crippen LogP contribution in [-0.2, 0) is 23.8 Å². The molecule has 1 aromatic heterocycles. The lowest BCUT2D eigenvalue weighted by molar-refractivity contribution is -0.703. The number of nitrogens with zero attached hydrogens (tertiary/aromatic N) is 2. The number of rotatable bonds is 0. The van der Waals surface area contributed by atoms with Crippen molar-refractivity contribution in [3.8, 4) is 5.69 Å². The van der Waals surface area contributed by atoms with Crippen molar-refractivity contribution in [1.29, 1.82) is 0 Å². The van der Waals surface area contributed by atoms with Crippen molar-refractivity contribution in [2.75, 3.05) is 0 Å². The van der Waals surface area contributed by atoms with Gasteiger partial charge in [0.15, 0.2) is 0 Å². The zero-order valence-electron chi connectivity index (χ0n) is 15.1. The summed E-state index contributed by atoms with van der Waals surface area (Å²) in [5.74, 6) is 0. The Bertz CT molecular complexity index is 721. The Morgan fingerprint density at radius 1 is 1.00 bits per heavy atom. The van der Waals surface area contributed by atoms with Gasteiger partial charge in [0.25, 0.3) is 0 Å². The fourth-order valence-electron chi connectivity index (χ4n) is 3.81. The molecule has 0 N–H and O–H groups in total. The maximum atomic E-state index is 2.49. The lowest BCUT2D eigenvalue weighted by atomic mass is 9.83. The number of aromatic nitrogens is 2. The molecule has 0 saturated carbocycles. The molecule has 0 saturated heterocycles. The van der Waals surface area contributed by atoms with Crippen LogP contribution in [0.15, 0.2) is 24.3 Å². The molecule has 0 bridgehead atoms. The SMILES string of the molecule is Cc1cc2[n+](n1C(C)(C)C)-c1c(cccc1C(C)(C)C)CC2. The standard InChI is InChI=1S/C20H29N2/c1-14-13-16-12-11-15-9-8-10-17(19(2,3)4)18(15)21(16)22(14)20(5,6)7/h8-10,13H,11-12H2,1-7H3/q+1. The van der Waals surface area contributed by atoms with E-state index in [1.54, 1.807) is 0 Å². The van der Waals surface area contributed by atoms with Crippen LogP contribution in [0.2, 0.25) is 0 Å². The highest BCUT2D eigenvalue weighted by molar-refractivity contribution is 5.47. The van der Waals surface area contributed by atoms with Crippen molar-refractivity contribution >= 4 is 0 Å². The van der Waals surface area contributed by atoms with Gasteiger partial charge in [-0.1, -0.05) is 43.7 Å². The number of hydrogen-bond donors (Lipinski definition) is 0. The molecule has 1 aromatic carbocycles. The van der Waals surface area contributed by atoms with Crippen molar-refractivity contribution < 1.29 is 4.68 Å². The van der Waals surface area contributed by atoms with Crippen molar-refractivity contribution in [3.05, 3.63) is 46.8 Å². The predicted octanol–water partition coefficient (Wildman–Crippen LogP) is 4.22. The van der Waals surface area contributed by atoms with Gasteiger partial charge >= 0.3 is 0 Å². The second kappa shape index (κ2) is 4.71. The quantitative estimate of drug-likeness (QED) is 0.644. The lowest BCUT2D eigenvalue weighted by Gasteiger charge is -2.26. The van der Waals surface area contributed by atoms with Crippen LogP contribution in [0.1, 0.15) is 64.1 Å². The summed E-state index contributed by atoms with van der Waals surface area (Å²) in [5.41, 5.74) is 7.35. The second-order valence-electron chi connectivity index (χ2n) is 8.63. The molecule has 0 radical (unpaired) electrons. The van der Waals surface area contributed by atoms with Gasteiger partial charge in [0.1, 0.15) is 0 Å². The Balaban J connectivity index is 2.39. The topological polar surface area (TPSA) is 8.81 Å². The van der Waals surface area contributed by atoms with Crippen molar-refractivity contribution in [2.45, 2.75) is 72.3 Å². The number of benzene rings is 1. The Morgan fingerprint density at radius 2 is 1.68 bits per heavy atom. The predicted molar refractivity (Wildman–Crippen MR) is 91.8 cm³/mol. The minimum atomic E-state index is 0.0714. The van der Waals surface area contributed by atoms with Gasteiger partial charge in [-0.05, 0) is 39.5 Å². The van der Waals surface area contributed by atoms with Crippen LogP contribution in [0.4, 0.5) is 0 Å². The van der Waals surface area contributed by atoms with Gasteiger partial charge in [-0.25, -0.2) is 0 Å². The molecule has 2 heterocycles.